The van der Waals surface area contributed by atoms with Crippen LogP contribution in [0.2, 0.25) is 0 Å². The second kappa shape index (κ2) is 14.4. The molecule has 38 heavy (non-hydrogen) atoms. The summed E-state index contributed by atoms with van der Waals surface area (Å²) in [7, 11) is 0. The number of alkyl halides is 2. The van der Waals surface area contributed by atoms with Crippen LogP contribution in [0.4, 0.5) is 27.6 Å². The summed E-state index contributed by atoms with van der Waals surface area (Å²) in [6.07, 6.45) is 3.81. The average molecular weight is 556 g/mol. The molecular weight excluding hydrogens is 517 g/mol. The molecule has 0 saturated heterocycles. The highest BCUT2D eigenvalue weighted by Crippen LogP contribution is 2.34. The van der Waals surface area contributed by atoms with Gasteiger partial charge in [-0.05, 0) is 44.4 Å². The van der Waals surface area contributed by atoms with Crippen molar-refractivity contribution in [3.8, 4) is 0 Å². The summed E-state index contributed by atoms with van der Waals surface area (Å²) in [6.45, 7) is 21.4. The standard InChI is InChI=1S/C29H38F5N3S/c1-10-11-12-22(21(6)30)16-36(18(2)3)37(17-26(33)34)28(29(7,8)9)19(4)13-20(5)35-23-14-24(31)27(38)25(32)15-23/h10-15,26,28,35,38H,2,5-6,16-17H2,1,3-4,7-9H3/b11-10-,19-13+,22-12-. The van der Waals surface area contributed by atoms with E-state index in [9.17, 15) is 22.0 Å². The fourth-order valence-electron chi connectivity index (χ4n) is 4.11. The summed E-state index contributed by atoms with van der Waals surface area (Å²) in [5.41, 5.74) is 1.08. The summed E-state index contributed by atoms with van der Waals surface area (Å²) in [4.78, 5) is -0.401. The van der Waals surface area contributed by atoms with Crippen LogP contribution in [-0.4, -0.2) is 35.6 Å². The van der Waals surface area contributed by atoms with E-state index in [2.05, 4.69) is 37.7 Å². The molecule has 3 nitrogen and oxygen atoms in total. The maximum Gasteiger partial charge on any atom is 0.252 e. The van der Waals surface area contributed by atoms with Gasteiger partial charge in [0.05, 0.1) is 24.0 Å². The Morgan fingerprint density at radius 1 is 1.11 bits per heavy atom. The van der Waals surface area contributed by atoms with Gasteiger partial charge < -0.3 is 10.3 Å². The smallest absolute Gasteiger partial charge is 0.252 e. The predicted molar refractivity (Wildman–Crippen MR) is 151 cm³/mol. The van der Waals surface area contributed by atoms with Crippen LogP contribution in [0.25, 0.3) is 0 Å². The lowest BCUT2D eigenvalue weighted by Gasteiger charge is -2.47. The van der Waals surface area contributed by atoms with Gasteiger partial charge >= 0.3 is 0 Å². The Bertz CT molecular complexity index is 1090. The summed E-state index contributed by atoms with van der Waals surface area (Å²) in [6, 6.07) is 1.53. The fourth-order valence-corrected chi connectivity index (χ4v) is 4.24. The molecule has 0 radical (unpaired) electrons. The van der Waals surface area contributed by atoms with E-state index < -0.39 is 46.8 Å². The van der Waals surface area contributed by atoms with E-state index in [1.807, 2.05) is 20.8 Å². The number of allylic oxidation sites excluding steroid dienone is 5. The quantitative estimate of drug-likeness (QED) is 0.110. The van der Waals surface area contributed by atoms with Gasteiger partial charge in [-0.1, -0.05) is 64.3 Å². The molecule has 0 saturated carbocycles. The Labute approximate surface area is 229 Å². The second-order valence-corrected chi connectivity index (χ2v) is 10.5. The summed E-state index contributed by atoms with van der Waals surface area (Å²) in [5, 5.41) is 5.82. The molecule has 0 aromatic heterocycles. The SMILES string of the molecule is C=C(/C=C(\C)C(N(CC(F)F)N(C/C(=C/C=C\C)C(=C)F)C(=C)C)C(C)(C)C)Nc1cc(F)c(S)c(F)c1. The van der Waals surface area contributed by atoms with Crippen LogP contribution in [0.15, 0.2) is 89.4 Å². The first-order valence-corrected chi connectivity index (χ1v) is 12.4. The maximum atomic E-state index is 14.3. The lowest BCUT2D eigenvalue weighted by atomic mass is 9.81. The van der Waals surface area contributed by atoms with Crippen LogP contribution in [0, 0.1) is 17.0 Å². The molecule has 1 atom stereocenters. The molecule has 0 fully saturated rings. The van der Waals surface area contributed by atoms with Gasteiger partial charge in [-0.2, -0.15) is 0 Å². The molecule has 0 aliphatic carbocycles. The highest BCUT2D eigenvalue weighted by Gasteiger charge is 2.37. The minimum absolute atomic E-state index is 0.0740. The number of thiol groups is 1. The van der Waals surface area contributed by atoms with E-state index in [0.717, 1.165) is 12.1 Å². The summed E-state index contributed by atoms with van der Waals surface area (Å²) >= 11 is 3.78. The molecule has 0 aliphatic rings. The van der Waals surface area contributed by atoms with Crippen molar-refractivity contribution in [1.82, 2.24) is 10.0 Å². The number of rotatable bonds is 13. The van der Waals surface area contributed by atoms with E-state index in [0.29, 0.717) is 11.3 Å². The minimum Gasteiger partial charge on any atom is -0.356 e. The minimum atomic E-state index is -2.71. The molecule has 1 unspecified atom stereocenters. The Morgan fingerprint density at radius 3 is 2.08 bits per heavy atom. The van der Waals surface area contributed by atoms with Crippen LogP contribution >= 0.6 is 12.6 Å². The first-order chi connectivity index (χ1) is 17.5. The van der Waals surface area contributed by atoms with E-state index in [4.69, 9.17) is 0 Å². The van der Waals surface area contributed by atoms with Crippen molar-refractivity contribution in [2.45, 2.75) is 58.9 Å². The lowest BCUT2D eigenvalue weighted by Crippen LogP contribution is -2.55. The van der Waals surface area contributed by atoms with Gasteiger partial charge in [-0.3, -0.25) is 0 Å². The Balaban J connectivity index is 3.54. The summed E-state index contributed by atoms with van der Waals surface area (Å²) < 4.78 is 70.0. The van der Waals surface area contributed by atoms with Gasteiger partial charge in [-0.25, -0.2) is 27.0 Å². The number of nitrogens with one attached hydrogen (secondary N) is 1. The van der Waals surface area contributed by atoms with E-state index >= 15 is 0 Å². The first-order valence-electron chi connectivity index (χ1n) is 12.0. The van der Waals surface area contributed by atoms with Crippen LogP contribution in [0.5, 0.6) is 0 Å². The molecule has 0 amide bonds. The van der Waals surface area contributed by atoms with Crippen molar-refractivity contribution >= 4 is 18.3 Å². The van der Waals surface area contributed by atoms with Gasteiger partial charge in [0.2, 0.25) is 0 Å². The average Bonchev–Trinajstić information content (AvgIpc) is 2.75. The number of anilines is 1. The van der Waals surface area contributed by atoms with Crippen LogP contribution in [0.3, 0.4) is 0 Å². The number of hydrogen-bond donors (Lipinski definition) is 2. The van der Waals surface area contributed by atoms with Crippen LogP contribution in [0.1, 0.15) is 41.5 Å². The van der Waals surface area contributed by atoms with Crippen molar-refractivity contribution in [2.24, 2.45) is 5.41 Å². The van der Waals surface area contributed by atoms with Gasteiger partial charge in [0.15, 0.2) is 0 Å². The van der Waals surface area contributed by atoms with Crippen LogP contribution < -0.4 is 5.32 Å². The summed E-state index contributed by atoms with van der Waals surface area (Å²) in [5.74, 6) is -2.36. The third kappa shape index (κ3) is 9.83. The molecule has 210 valence electrons. The molecule has 1 aromatic rings. The molecule has 0 bridgehead atoms. The van der Waals surface area contributed by atoms with Gasteiger partial charge in [0.25, 0.3) is 6.43 Å². The third-order valence-electron chi connectivity index (χ3n) is 5.51. The van der Waals surface area contributed by atoms with Crippen molar-refractivity contribution in [3.05, 3.63) is 96.2 Å². The highest BCUT2D eigenvalue weighted by molar-refractivity contribution is 7.80. The monoisotopic (exact) mass is 555 g/mol. The molecule has 0 heterocycles. The Hall–Kier alpha value is -2.78. The lowest BCUT2D eigenvalue weighted by molar-refractivity contribution is -0.0804. The zero-order chi connectivity index (χ0) is 29.4. The molecular formula is C29H38F5N3S. The largest absolute Gasteiger partial charge is 0.356 e. The molecule has 0 spiro atoms. The molecule has 9 heteroatoms. The van der Waals surface area contributed by atoms with Crippen LogP contribution in [-0.2, 0) is 0 Å². The Morgan fingerprint density at radius 2 is 1.66 bits per heavy atom. The van der Waals surface area contributed by atoms with Crippen molar-refractivity contribution in [3.63, 3.8) is 0 Å². The van der Waals surface area contributed by atoms with Gasteiger partial charge in [-0.15, -0.1) is 12.6 Å². The predicted octanol–water partition coefficient (Wildman–Crippen LogP) is 8.84. The molecule has 1 aromatic carbocycles. The molecule has 0 aliphatic heterocycles. The molecule has 1 N–H and O–H groups in total. The number of halogens is 5. The number of nitrogens with zero attached hydrogens (tertiary/aromatic N) is 2. The number of hydrogen-bond acceptors (Lipinski definition) is 4. The van der Waals surface area contributed by atoms with E-state index in [-0.39, 0.29) is 23.5 Å². The first kappa shape index (κ1) is 33.2. The van der Waals surface area contributed by atoms with Crippen molar-refractivity contribution in [1.29, 1.82) is 0 Å². The fraction of sp³-hybridized carbons (Fsp3) is 0.379. The Kier molecular flexibility index (Phi) is 12.6. The van der Waals surface area contributed by atoms with Crippen molar-refractivity contribution in [2.75, 3.05) is 18.4 Å². The van der Waals surface area contributed by atoms with E-state index in [1.54, 1.807) is 39.0 Å². The number of hydrazine groups is 1. The normalized spacial score (nSPS) is 13.8. The number of benzene rings is 1. The topological polar surface area (TPSA) is 18.5 Å². The van der Waals surface area contributed by atoms with Gasteiger partial charge in [0.1, 0.15) is 17.5 Å². The second-order valence-electron chi connectivity index (χ2n) is 10.0. The van der Waals surface area contributed by atoms with Crippen molar-refractivity contribution < 1.29 is 22.0 Å². The van der Waals surface area contributed by atoms with Gasteiger partial charge in [0, 0.05) is 22.7 Å². The highest BCUT2D eigenvalue weighted by atomic mass is 32.1. The maximum absolute atomic E-state index is 14.3. The molecule has 1 rings (SSSR count). The third-order valence-corrected chi connectivity index (χ3v) is 5.93. The van der Waals surface area contributed by atoms with E-state index in [1.165, 1.54) is 16.1 Å². The zero-order valence-electron chi connectivity index (χ0n) is 22.9. The zero-order valence-corrected chi connectivity index (χ0v) is 23.8.